The topological polar surface area (TPSA) is 86.8 Å². The molecule has 9 heteroatoms. The van der Waals surface area contributed by atoms with Crippen molar-refractivity contribution in [3.63, 3.8) is 0 Å². The molecular formula is C31H36ClN3O4S. The lowest BCUT2D eigenvalue weighted by Crippen LogP contribution is -2.52. The lowest BCUT2D eigenvalue weighted by molar-refractivity contribution is -0.139. The number of halogens is 1. The molecule has 0 aliphatic heterocycles. The predicted molar refractivity (Wildman–Crippen MR) is 159 cm³/mol. The maximum atomic E-state index is 14.1. The SMILES string of the molecule is CCc1ccccc1N(CC(=O)N(Cc1ccc(Cl)cc1)C(C)C(=O)NC1CCCC1)S(=O)(=O)c1ccccc1. The van der Waals surface area contributed by atoms with Crippen molar-refractivity contribution >= 4 is 39.1 Å². The van der Waals surface area contributed by atoms with E-state index in [1.165, 1.54) is 21.3 Å². The summed E-state index contributed by atoms with van der Waals surface area (Å²) in [6.07, 6.45) is 4.55. The Labute approximate surface area is 242 Å². The Bertz CT molecular complexity index is 1410. The van der Waals surface area contributed by atoms with E-state index < -0.39 is 28.5 Å². The van der Waals surface area contributed by atoms with E-state index in [1.807, 2.05) is 19.1 Å². The van der Waals surface area contributed by atoms with Gasteiger partial charge in [0, 0.05) is 17.6 Å². The summed E-state index contributed by atoms with van der Waals surface area (Å²) in [5.74, 6) is -0.727. The third-order valence-electron chi connectivity index (χ3n) is 7.39. The van der Waals surface area contributed by atoms with Gasteiger partial charge in [0.05, 0.1) is 10.6 Å². The lowest BCUT2D eigenvalue weighted by atomic mass is 10.1. The molecule has 1 atom stereocenters. The standard InChI is InChI=1S/C31H36ClN3O4S/c1-3-25-11-7-10-16-29(25)35(40(38,39)28-14-5-4-6-15-28)22-30(36)34(21-24-17-19-26(32)20-18-24)23(2)31(37)33-27-12-8-9-13-27/h4-7,10-11,14-20,23,27H,3,8-9,12-13,21-22H2,1-2H3,(H,33,37). The molecule has 3 aromatic rings. The zero-order chi connectivity index (χ0) is 28.7. The molecular weight excluding hydrogens is 546 g/mol. The fourth-order valence-corrected chi connectivity index (χ4v) is 6.65. The lowest BCUT2D eigenvalue weighted by Gasteiger charge is -2.33. The summed E-state index contributed by atoms with van der Waals surface area (Å²) in [5, 5.41) is 3.64. The van der Waals surface area contributed by atoms with E-state index in [1.54, 1.807) is 61.5 Å². The number of hydrogen-bond acceptors (Lipinski definition) is 4. The van der Waals surface area contributed by atoms with Gasteiger partial charge in [0.15, 0.2) is 0 Å². The minimum absolute atomic E-state index is 0.0879. The highest BCUT2D eigenvalue weighted by molar-refractivity contribution is 7.92. The molecule has 0 bridgehead atoms. The van der Waals surface area contributed by atoms with Crippen LogP contribution in [-0.2, 0) is 32.6 Å². The summed E-state index contributed by atoms with van der Waals surface area (Å²) in [4.78, 5) is 28.9. The summed E-state index contributed by atoms with van der Waals surface area (Å²) in [7, 11) is -4.09. The second-order valence-electron chi connectivity index (χ2n) is 10.1. The Hall–Kier alpha value is -3.36. The van der Waals surface area contributed by atoms with Crippen LogP contribution in [0.4, 0.5) is 5.69 Å². The predicted octanol–water partition coefficient (Wildman–Crippen LogP) is 5.57. The fraction of sp³-hybridized carbons (Fsp3) is 0.355. The van der Waals surface area contributed by atoms with Gasteiger partial charge in [-0.1, -0.05) is 79.9 Å². The molecule has 0 heterocycles. The molecule has 4 rings (SSSR count). The summed E-state index contributed by atoms with van der Waals surface area (Å²) in [5.41, 5.74) is 2.02. The van der Waals surface area contributed by atoms with Crippen molar-refractivity contribution in [3.05, 3.63) is 95.0 Å². The Morgan fingerprint density at radius 1 is 0.950 bits per heavy atom. The number of aryl methyl sites for hydroxylation is 1. The molecule has 0 spiro atoms. The van der Waals surface area contributed by atoms with Crippen molar-refractivity contribution in [1.82, 2.24) is 10.2 Å². The van der Waals surface area contributed by atoms with Crippen LogP contribution < -0.4 is 9.62 Å². The maximum Gasteiger partial charge on any atom is 0.264 e. The number of hydrogen-bond donors (Lipinski definition) is 1. The Balaban J connectivity index is 1.70. The molecule has 1 saturated carbocycles. The zero-order valence-electron chi connectivity index (χ0n) is 22.9. The van der Waals surface area contributed by atoms with E-state index in [-0.39, 0.29) is 23.4 Å². The van der Waals surface area contributed by atoms with Crippen molar-refractivity contribution < 1.29 is 18.0 Å². The zero-order valence-corrected chi connectivity index (χ0v) is 24.5. The van der Waals surface area contributed by atoms with Crippen LogP contribution in [0.3, 0.4) is 0 Å². The van der Waals surface area contributed by atoms with E-state index in [2.05, 4.69) is 5.32 Å². The molecule has 1 fully saturated rings. The first-order valence-corrected chi connectivity index (χ1v) is 15.5. The second kappa shape index (κ2) is 13.3. The number of para-hydroxylation sites is 1. The Kier molecular flexibility index (Phi) is 9.87. The van der Waals surface area contributed by atoms with Crippen LogP contribution in [-0.4, -0.2) is 43.8 Å². The van der Waals surface area contributed by atoms with Crippen molar-refractivity contribution in [3.8, 4) is 0 Å². The summed E-state index contributed by atoms with van der Waals surface area (Å²) in [6.45, 7) is 3.30. The molecule has 0 radical (unpaired) electrons. The minimum Gasteiger partial charge on any atom is -0.352 e. The number of sulfonamides is 1. The van der Waals surface area contributed by atoms with Crippen LogP contribution in [0.1, 0.15) is 50.7 Å². The molecule has 7 nitrogen and oxygen atoms in total. The van der Waals surface area contributed by atoms with Crippen LogP contribution in [0.25, 0.3) is 0 Å². The smallest absolute Gasteiger partial charge is 0.264 e. The van der Waals surface area contributed by atoms with E-state index >= 15 is 0 Å². The highest BCUT2D eigenvalue weighted by Crippen LogP contribution is 2.28. The van der Waals surface area contributed by atoms with Crippen molar-refractivity contribution in [2.24, 2.45) is 0 Å². The van der Waals surface area contributed by atoms with Gasteiger partial charge >= 0.3 is 0 Å². The van der Waals surface area contributed by atoms with Gasteiger partial charge in [0.25, 0.3) is 10.0 Å². The van der Waals surface area contributed by atoms with Gasteiger partial charge in [0.1, 0.15) is 12.6 Å². The highest BCUT2D eigenvalue weighted by atomic mass is 35.5. The quantitative estimate of drug-likeness (QED) is 0.320. The highest BCUT2D eigenvalue weighted by Gasteiger charge is 2.34. The van der Waals surface area contributed by atoms with Gasteiger partial charge < -0.3 is 10.2 Å². The molecule has 2 amide bonds. The van der Waals surface area contributed by atoms with Gasteiger partial charge in [-0.15, -0.1) is 0 Å². The van der Waals surface area contributed by atoms with Crippen LogP contribution in [0.2, 0.25) is 5.02 Å². The first-order valence-electron chi connectivity index (χ1n) is 13.7. The average molecular weight is 582 g/mol. The largest absolute Gasteiger partial charge is 0.352 e. The molecule has 1 aliphatic carbocycles. The third-order valence-corrected chi connectivity index (χ3v) is 9.41. The van der Waals surface area contributed by atoms with Crippen molar-refractivity contribution in [1.29, 1.82) is 0 Å². The first kappa shape index (κ1) is 29.6. The number of rotatable bonds is 11. The minimum atomic E-state index is -4.09. The Morgan fingerprint density at radius 2 is 1.57 bits per heavy atom. The van der Waals surface area contributed by atoms with Crippen LogP contribution in [0.15, 0.2) is 83.8 Å². The van der Waals surface area contributed by atoms with Gasteiger partial charge in [-0.3, -0.25) is 13.9 Å². The van der Waals surface area contributed by atoms with E-state index in [4.69, 9.17) is 11.6 Å². The van der Waals surface area contributed by atoms with Gasteiger partial charge in [-0.25, -0.2) is 8.42 Å². The number of amides is 2. The number of anilines is 1. The summed E-state index contributed by atoms with van der Waals surface area (Å²) in [6, 6.07) is 21.6. The molecule has 212 valence electrons. The first-order chi connectivity index (χ1) is 19.2. The molecule has 1 aliphatic rings. The number of benzene rings is 3. The molecule has 40 heavy (non-hydrogen) atoms. The third kappa shape index (κ3) is 7.04. The van der Waals surface area contributed by atoms with Gasteiger partial charge in [-0.2, -0.15) is 0 Å². The molecule has 3 aromatic carbocycles. The summed E-state index contributed by atoms with van der Waals surface area (Å²) < 4.78 is 29.1. The average Bonchev–Trinajstić information content (AvgIpc) is 3.48. The fourth-order valence-electron chi connectivity index (χ4n) is 5.05. The number of carbonyl (C=O) groups is 2. The summed E-state index contributed by atoms with van der Waals surface area (Å²) >= 11 is 6.07. The molecule has 1 N–H and O–H groups in total. The van der Waals surface area contributed by atoms with E-state index in [0.717, 1.165) is 36.8 Å². The maximum absolute atomic E-state index is 14.1. The van der Waals surface area contributed by atoms with Crippen LogP contribution in [0, 0.1) is 0 Å². The van der Waals surface area contributed by atoms with Crippen LogP contribution in [0.5, 0.6) is 0 Å². The molecule has 0 saturated heterocycles. The molecule has 1 unspecified atom stereocenters. The second-order valence-corrected chi connectivity index (χ2v) is 12.4. The van der Waals surface area contributed by atoms with Crippen molar-refractivity contribution in [2.45, 2.75) is 69.5 Å². The van der Waals surface area contributed by atoms with E-state index in [0.29, 0.717) is 17.1 Å². The van der Waals surface area contributed by atoms with Crippen molar-refractivity contribution in [2.75, 3.05) is 10.8 Å². The van der Waals surface area contributed by atoms with Gasteiger partial charge in [0.2, 0.25) is 11.8 Å². The number of nitrogens with one attached hydrogen (secondary N) is 1. The Morgan fingerprint density at radius 3 is 2.23 bits per heavy atom. The van der Waals surface area contributed by atoms with E-state index in [9.17, 15) is 18.0 Å². The molecule has 0 aromatic heterocycles. The number of nitrogens with zero attached hydrogens (tertiary/aromatic N) is 2. The monoisotopic (exact) mass is 581 g/mol. The normalized spacial score (nSPS) is 14.5. The van der Waals surface area contributed by atoms with Gasteiger partial charge in [-0.05, 0) is 67.6 Å². The number of carbonyl (C=O) groups excluding carboxylic acids is 2. The van der Waals surface area contributed by atoms with Crippen LogP contribution >= 0.6 is 11.6 Å².